The predicted octanol–water partition coefficient (Wildman–Crippen LogP) is 1.92. The van der Waals surface area contributed by atoms with Crippen molar-refractivity contribution in [2.75, 3.05) is 19.7 Å². The number of carbonyl (C=O) groups excluding carboxylic acids is 1. The van der Waals surface area contributed by atoms with Crippen LogP contribution in [0.25, 0.3) is 0 Å². The van der Waals surface area contributed by atoms with Gasteiger partial charge in [-0.15, -0.1) is 0 Å². The van der Waals surface area contributed by atoms with Gasteiger partial charge in [0.1, 0.15) is 6.04 Å². The molecule has 2 N–H and O–H groups in total. The van der Waals surface area contributed by atoms with Crippen molar-refractivity contribution in [3.05, 3.63) is 0 Å². The minimum atomic E-state index is -0.0631. The second-order valence-corrected chi connectivity index (χ2v) is 5.02. The molecule has 1 aliphatic rings. The number of hydrogen-bond donors (Lipinski definition) is 1. The molecule has 0 amide bonds. The van der Waals surface area contributed by atoms with Crippen molar-refractivity contribution in [2.24, 2.45) is 5.73 Å². The van der Waals surface area contributed by atoms with Gasteiger partial charge in [0, 0.05) is 6.04 Å². The number of nitrogens with two attached hydrogens (primary N) is 1. The average Bonchev–Trinajstić information content (AvgIpc) is 2.37. The van der Waals surface area contributed by atoms with Gasteiger partial charge in [0.25, 0.3) is 0 Å². The van der Waals surface area contributed by atoms with Crippen LogP contribution in [0.5, 0.6) is 0 Å². The molecule has 0 aromatic carbocycles. The van der Waals surface area contributed by atoms with Crippen LogP contribution in [-0.4, -0.2) is 42.6 Å². The molecule has 4 heteroatoms. The van der Waals surface area contributed by atoms with Gasteiger partial charge in [0.2, 0.25) is 0 Å². The summed E-state index contributed by atoms with van der Waals surface area (Å²) in [4.78, 5) is 14.4. The highest BCUT2D eigenvalue weighted by atomic mass is 16.5. The van der Waals surface area contributed by atoms with E-state index in [1.807, 2.05) is 6.92 Å². The lowest BCUT2D eigenvalue weighted by Crippen LogP contribution is -2.50. The second kappa shape index (κ2) is 8.48. The molecule has 0 saturated carbocycles. The van der Waals surface area contributed by atoms with Gasteiger partial charge in [0.15, 0.2) is 0 Å². The van der Waals surface area contributed by atoms with Crippen LogP contribution in [0, 0.1) is 0 Å². The standard InChI is InChI=1S/C14H28N2O2/c1-3-7-13(14(17)18-4-2)16-11-6-5-8-12(16)9-10-15/h12-13H,3-11,15H2,1-2H3. The van der Waals surface area contributed by atoms with Gasteiger partial charge >= 0.3 is 5.97 Å². The Balaban J connectivity index is 2.70. The summed E-state index contributed by atoms with van der Waals surface area (Å²) < 4.78 is 5.22. The molecular weight excluding hydrogens is 228 g/mol. The highest BCUT2D eigenvalue weighted by Crippen LogP contribution is 2.24. The number of esters is 1. The highest BCUT2D eigenvalue weighted by molar-refractivity contribution is 5.75. The smallest absolute Gasteiger partial charge is 0.323 e. The zero-order valence-electron chi connectivity index (χ0n) is 11.9. The third kappa shape index (κ3) is 4.25. The van der Waals surface area contributed by atoms with Gasteiger partial charge in [-0.3, -0.25) is 9.69 Å². The quantitative estimate of drug-likeness (QED) is 0.707. The monoisotopic (exact) mass is 256 g/mol. The van der Waals surface area contributed by atoms with Crippen molar-refractivity contribution < 1.29 is 9.53 Å². The summed E-state index contributed by atoms with van der Waals surface area (Å²) in [5, 5.41) is 0. The van der Waals surface area contributed by atoms with E-state index >= 15 is 0 Å². The molecule has 2 unspecified atom stereocenters. The largest absolute Gasteiger partial charge is 0.465 e. The zero-order valence-corrected chi connectivity index (χ0v) is 11.9. The van der Waals surface area contributed by atoms with E-state index in [0.29, 0.717) is 19.2 Å². The van der Waals surface area contributed by atoms with Crippen molar-refractivity contribution in [3.8, 4) is 0 Å². The molecule has 4 nitrogen and oxygen atoms in total. The maximum Gasteiger partial charge on any atom is 0.323 e. The maximum absolute atomic E-state index is 12.1. The molecular formula is C14H28N2O2. The minimum absolute atomic E-state index is 0.0525. The van der Waals surface area contributed by atoms with E-state index in [0.717, 1.165) is 32.2 Å². The van der Waals surface area contributed by atoms with E-state index in [-0.39, 0.29) is 12.0 Å². The molecule has 1 saturated heterocycles. The Kier molecular flexibility index (Phi) is 7.28. The van der Waals surface area contributed by atoms with Crippen molar-refractivity contribution in [2.45, 2.75) is 64.5 Å². The third-order valence-electron chi connectivity index (χ3n) is 3.69. The van der Waals surface area contributed by atoms with Gasteiger partial charge in [-0.25, -0.2) is 0 Å². The number of rotatable bonds is 7. The predicted molar refractivity (Wildman–Crippen MR) is 73.3 cm³/mol. The van der Waals surface area contributed by atoms with Gasteiger partial charge in [-0.2, -0.15) is 0 Å². The Hall–Kier alpha value is -0.610. The Morgan fingerprint density at radius 2 is 2.22 bits per heavy atom. The fourth-order valence-corrected chi connectivity index (χ4v) is 2.87. The summed E-state index contributed by atoms with van der Waals surface area (Å²) in [5.74, 6) is -0.0525. The molecule has 1 fully saturated rings. The molecule has 18 heavy (non-hydrogen) atoms. The van der Waals surface area contributed by atoms with E-state index < -0.39 is 0 Å². The molecule has 0 aliphatic carbocycles. The Bertz CT molecular complexity index is 244. The summed E-state index contributed by atoms with van der Waals surface area (Å²) in [6, 6.07) is 0.400. The first-order valence-electron chi connectivity index (χ1n) is 7.37. The molecule has 0 radical (unpaired) electrons. The Morgan fingerprint density at radius 3 is 2.83 bits per heavy atom. The lowest BCUT2D eigenvalue weighted by Gasteiger charge is -2.40. The molecule has 2 atom stereocenters. The van der Waals surface area contributed by atoms with Crippen LogP contribution in [-0.2, 0) is 9.53 Å². The van der Waals surface area contributed by atoms with E-state index in [2.05, 4.69) is 11.8 Å². The van der Waals surface area contributed by atoms with Crippen molar-refractivity contribution in [1.29, 1.82) is 0 Å². The van der Waals surface area contributed by atoms with E-state index in [4.69, 9.17) is 10.5 Å². The van der Waals surface area contributed by atoms with Crippen LogP contribution in [0.2, 0.25) is 0 Å². The number of hydrogen-bond acceptors (Lipinski definition) is 4. The molecule has 0 aromatic heterocycles. The fourth-order valence-electron chi connectivity index (χ4n) is 2.87. The lowest BCUT2D eigenvalue weighted by molar-refractivity contribution is -0.151. The lowest BCUT2D eigenvalue weighted by atomic mass is 9.95. The molecule has 1 aliphatic heterocycles. The normalized spacial score (nSPS) is 22.7. The number of ether oxygens (including phenoxy) is 1. The van der Waals surface area contributed by atoms with Gasteiger partial charge < -0.3 is 10.5 Å². The molecule has 0 bridgehead atoms. The van der Waals surface area contributed by atoms with Crippen LogP contribution in [0.1, 0.15) is 52.4 Å². The first-order valence-corrected chi connectivity index (χ1v) is 7.37. The number of piperidine rings is 1. The molecule has 0 aromatic rings. The van der Waals surface area contributed by atoms with Gasteiger partial charge in [-0.05, 0) is 45.7 Å². The molecule has 106 valence electrons. The first kappa shape index (κ1) is 15.4. The summed E-state index contributed by atoms with van der Waals surface area (Å²) in [5.41, 5.74) is 5.69. The van der Waals surface area contributed by atoms with E-state index in [1.54, 1.807) is 0 Å². The van der Waals surface area contributed by atoms with Crippen molar-refractivity contribution in [1.82, 2.24) is 4.90 Å². The summed E-state index contributed by atoms with van der Waals surface area (Å²) in [7, 11) is 0. The zero-order chi connectivity index (χ0) is 13.4. The van der Waals surface area contributed by atoms with E-state index in [9.17, 15) is 4.79 Å². The Labute approximate surface area is 111 Å². The van der Waals surface area contributed by atoms with Gasteiger partial charge in [0.05, 0.1) is 6.61 Å². The summed E-state index contributed by atoms with van der Waals surface area (Å²) >= 11 is 0. The minimum Gasteiger partial charge on any atom is -0.465 e. The number of likely N-dealkylation sites (tertiary alicyclic amines) is 1. The molecule has 1 heterocycles. The van der Waals surface area contributed by atoms with E-state index in [1.165, 1.54) is 12.8 Å². The van der Waals surface area contributed by atoms with Crippen LogP contribution in [0.3, 0.4) is 0 Å². The van der Waals surface area contributed by atoms with Crippen LogP contribution >= 0.6 is 0 Å². The number of carbonyl (C=O) groups is 1. The summed E-state index contributed by atoms with van der Waals surface area (Å²) in [6.45, 7) is 6.16. The molecule has 0 spiro atoms. The van der Waals surface area contributed by atoms with Crippen molar-refractivity contribution in [3.63, 3.8) is 0 Å². The second-order valence-electron chi connectivity index (χ2n) is 5.02. The van der Waals surface area contributed by atoms with Crippen LogP contribution < -0.4 is 5.73 Å². The average molecular weight is 256 g/mol. The van der Waals surface area contributed by atoms with Crippen LogP contribution in [0.15, 0.2) is 0 Å². The topological polar surface area (TPSA) is 55.6 Å². The van der Waals surface area contributed by atoms with Crippen LogP contribution in [0.4, 0.5) is 0 Å². The van der Waals surface area contributed by atoms with Gasteiger partial charge in [-0.1, -0.05) is 19.8 Å². The van der Waals surface area contributed by atoms with Crippen molar-refractivity contribution >= 4 is 5.97 Å². The Morgan fingerprint density at radius 1 is 1.44 bits per heavy atom. The third-order valence-corrected chi connectivity index (χ3v) is 3.69. The highest BCUT2D eigenvalue weighted by Gasteiger charge is 2.32. The fraction of sp³-hybridized carbons (Fsp3) is 0.929. The maximum atomic E-state index is 12.1. The first-order chi connectivity index (χ1) is 8.74. The number of nitrogens with zero attached hydrogens (tertiary/aromatic N) is 1. The summed E-state index contributed by atoms with van der Waals surface area (Å²) in [6.07, 6.45) is 6.48. The molecule has 1 rings (SSSR count). The SMILES string of the molecule is CCCC(C(=O)OCC)N1CCCCC1CCN.